The van der Waals surface area contributed by atoms with Crippen molar-refractivity contribution in [2.75, 3.05) is 13.2 Å². The van der Waals surface area contributed by atoms with Gasteiger partial charge in [0.05, 0.1) is 0 Å². The molecule has 0 radical (unpaired) electrons. The first-order valence-electron chi connectivity index (χ1n) is 16.1. The van der Waals surface area contributed by atoms with Gasteiger partial charge in [0, 0.05) is 18.9 Å². The number of ether oxygens (including phenoxy) is 2. The van der Waals surface area contributed by atoms with Gasteiger partial charge >= 0.3 is 12.1 Å². The Kier molecular flexibility index (Phi) is 12.0. The van der Waals surface area contributed by atoms with Gasteiger partial charge in [-0.1, -0.05) is 91.0 Å². The fourth-order valence-corrected chi connectivity index (χ4v) is 5.84. The van der Waals surface area contributed by atoms with Crippen LogP contribution in [-0.2, 0) is 30.3 Å². The Morgan fingerprint density at radius 2 is 1.44 bits per heavy atom. The van der Waals surface area contributed by atoms with Crippen molar-refractivity contribution in [1.82, 2.24) is 15.5 Å². The highest BCUT2D eigenvalue weighted by Gasteiger charge is 2.36. The molecule has 3 aromatic carbocycles. The highest BCUT2D eigenvalue weighted by atomic mass is 16.6. The fourth-order valence-electron chi connectivity index (χ4n) is 5.84. The number of benzene rings is 3. The molecule has 2 N–H and O–H groups in total. The fraction of sp³-hybridized carbons (Fsp3) is 0.333. The van der Waals surface area contributed by atoms with Gasteiger partial charge in [-0.3, -0.25) is 9.59 Å². The zero-order chi connectivity index (χ0) is 34.8. The van der Waals surface area contributed by atoms with Crippen LogP contribution >= 0.6 is 0 Å². The number of carbonyl (C=O) groups excluding carboxylic acids is 4. The van der Waals surface area contributed by atoms with E-state index in [0.717, 1.165) is 27.8 Å². The minimum atomic E-state index is -1.05. The predicted octanol–water partition coefficient (Wildman–Crippen LogP) is 5.94. The van der Waals surface area contributed by atoms with E-state index in [9.17, 15) is 19.2 Å². The molecule has 3 atom stereocenters. The number of alkyl carbamates (subject to hydrolysis) is 1. The van der Waals surface area contributed by atoms with Crippen LogP contribution in [-0.4, -0.2) is 65.7 Å². The van der Waals surface area contributed by atoms with E-state index in [1.54, 1.807) is 20.8 Å². The molecular weight excluding hydrogens is 606 g/mol. The van der Waals surface area contributed by atoms with E-state index >= 15 is 0 Å². The first kappa shape index (κ1) is 35.7. The number of rotatable bonds is 14. The summed E-state index contributed by atoms with van der Waals surface area (Å²) in [5.74, 6) is -1.81. The van der Waals surface area contributed by atoms with Gasteiger partial charge in [0.25, 0.3) is 0 Å². The number of hydrogen-bond donors (Lipinski definition) is 2. The first-order valence-corrected chi connectivity index (χ1v) is 16.1. The molecule has 0 bridgehead atoms. The maximum absolute atomic E-state index is 13.8. The summed E-state index contributed by atoms with van der Waals surface area (Å²) in [6.45, 7) is 14.4. The Labute approximate surface area is 283 Å². The van der Waals surface area contributed by atoms with E-state index in [0.29, 0.717) is 0 Å². The van der Waals surface area contributed by atoms with Crippen molar-refractivity contribution in [1.29, 1.82) is 0 Å². The van der Waals surface area contributed by atoms with Crippen LogP contribution in [0.3, 0.4) is 0 Å². The van der Waals surface area contributed by atoms with E-state index in [-0.39, 0.29) is 31.9 Å². The van der Waals surface area contributed by atoms with Gasteiger partial charge < -0.3 is 25.0 Å². The zero-order valence-corrected chi connectivity index (χ0v) is 28.1. The smallest absolute Gasteiger partial charge is 0.407 e. The minimum Gasteiger partial charge on any atom is -0.458 e. The molecule has 4 rings (SSSR count). The van der Waals surface area contributed by atoms with Crippen molar-refractivity contribution >= 4 is 23.9 Å². The molecule has 1 aliphatic rings. The Morgan fingerprint density at radius 1 is 0.854 bits per heavy atom. The van der Waals surface area contributed by atoms with Gasteiger partial charge in [-0.15, -0.1) is 13.2 Å². The third-order valence-electron chi connectivity index (χ3n) is 8.02. The summed E-state index contributed by atoms with van der Waals surface area (Å²) < 4.78 is 11.3. The van der Waals surface area contributed by atoms with Crippen LogP contribution < -0.4 is 10.6 Å². The quantitative estimate of drug-likeness (QED) is 0.165. The Bertz CT molecular complexity index is 1580. The van der Waals surface area contributed by atoms with Crippen LogP contribution in [0.25, 0.3) is 11.1 Å². The van der Waals surface area contributed by atoms with E-state index < -0.39 is 47.6 Å². The standard InChI is InChI=1S/C39H45N3O6/c1-7-16-33(41-38(46)47-25-32-30-21-14-12-19-28(30)29-20-13-15-22-31(29)32)35(43)40-26(3)36(44)42(23-8-2)34(37(45)48-39(4,5)6)24-27-17-10-9-11-18-27/h7-15,17-22,26,32-34H,1-2,16,23-25H2,3-6H3,(H,40,43)(H,41,46)/t26-,33-,34-/m0/s1. The van der Waals surface area contributed by atoms with Gasteiger partial charge in [-0.05, 0) is 61.9 Å². The largest absolute Gasteiger partial charge is 0.458 e. The number of hydrogen-bond acceptors (Lipinski definition) is 6. The summed E-state index contributed by atoms with van der Waals surface area (Å²) in [5.41, 5.74) is 4.41. The first-order chi connectivity index (χ1) is 22.9. The van der Waals surface area contributed by atoms with Gasteiger partial charge in [-0.2, -0.15) is 0 Å². The SMILES string of the molecule is C=CC[C@H](NC(=O)OCC1c2ccccc2-c2ccccc21)C(=O)N[C@@H](C)C(=O)N(CC=C)[C@@H](Cc1ccccc1)C(=O)OC(C)(C)C. The lowest BCUT2D eigenvalue weighted by Gasteiger charge is -2.34. The summed E-state index contributed by atoms with van der Waals surface area (Å²) in [7, 11) is 0. The minimum absolute atomic E-state index is 0.0455. The molecule has 0 aromatic heterocycles. The summed E-state index contributed by atoms with van der Waals surface area (Å²) in [6, 6.07) is 22.3. The lowest BCUT2D eigenvalue weighted by atomic mass is 9.98. The average molecular weight is 652 g/mol. The number of nitrogens with one attached hydrogen (secondary N) is 2. The van der Waals surface area contributed by atoms with Crippen LogP contribution in [0, 0.1) is 0 Å². The van der Waals surface area contributed by atoms with E-state index in [1.165, 1.54) is 24.0 Å². The van der Waals surface area contributed by atoms with Gasteiger partial charge in [0.15, 0.2) is 0 Å². The molecule has 3 amide bonds. The maximum Gasteiger partial charge on any atom is 0.407 e. The van der Waals surface area contributed by atoms with Crippen LogP contribution in [0.2, 0.25) is 0 Å². The lowest BCUT2D eigenvalue weighted by molar-refractivity contribution is -0.164. The van der Waals surface area contributed by atoms with Crippen molar-refractivity contribution in [2.45, 2.75) is 70.2 Å². The maximum atomic E-state index is 13.8. The number of esters is 1. The van der Waals surface area contributed by atoms with Gasteiger partial charge in [0.1, 0.15) is 30.3 Å². The van der Waals surface area contributed by atoms with Crippen LogP contribution in [0.1, 0.15) is 56.7 Å². The Hall–Kier alpha value is -5.18. The number of carbonyl (C=O) groups is 4. The van der Waals surface area contributed by atoms with Crippen molar-refractivity contribution in [3.63, 3.8) is 0 Å². The topological polar surface area (TPSA) is 114 Å². The number of fused-ring (bicyclic) bond motifs is 3. The molecule has 48 heavy (non-hydrogen) atoms. The van der Waals surface area contributed by atoms with E-state index in [1.807, 2.05) is 66.7 Å². The van der Waals surface area contributed by atoms with Gasteiger partial charge in [-0.25, -0.2) is 9.59 Å². The molecule has 9 heteroatoms. The molecule has 0 spiro atoms. The molecule has 9 nitrogen and oxygen atoms in total. The molecular formula is C39H45N3O6. The second kappa shape index (κ2) is 16.1. The molecule has 0 unspecified atom stereocenters. The van der Waals surface area contributed by atoms with E-state index in [4.69, 9.17) is 9.47 Å². The summed E-state index contributed by atoms with van der Waals surface area (Å²) in [5, 5.41) is 5.33. The van der Waals surface area contributed by atoms with E-state index in [2.05, 4.69) is 35.9 Å². The summed E-state index contributed by atoms with van der Waals surface area (Å²) in [4.78, 5) is 55.1. The summed E-state index contributed by atoms with van der Waals surface area (Å²) in [6.07, 6.45) is 2.57. The third kappa shape index (κ3) is 9.00. The molecule has 1 aliphatic carbocycles. The Balaban J connectivity index is 1.43. The molecule has 3 aromatic rings. The monoisotopic (exact) mass is 651 g/mol. The zero-order valence-electron chi connectivity index (χ0n) is 28.1. The van der Waals surface area contributed by atoms with Crippen LogP contribution in [0.15, 0.2) is 104 Å². The molecule has 252 valence electrons. The highest BCUT2D eigenvalue weighted by molar-refractivity contribution is 5.93. The van der Waals surface area contributed by atoms with Gasteiger partial charge in [0.2, 0.25) is 11.8 Å². The molecule has 0 fully saturated rings. The molecule has 0 saturated carbocycles. The highest BCUT2D eigenvalue weighted by Crippen LogP contribution is 2.44. The molecule has 0 saturated heterocycles. The third-order valence-corrected chi connectivity index (χ3v) is 8.02. The van der Waals surface area contributed by atoms with Crippen molar-refractivity contribution in [3.05, 3.63) is 121 Å². The normalized spacial score (nSPS) is 13.9. The molecule has 0 heterocycles. The second-order valence-corrected chi connectivity index (χ2v) is 12.8. The predicted molar refractivity (Wildman–Crippen MR) is 186 cm³/mol. The number of nitrogens with zero attached hydrogens (tertiary/aromatic N) is 1. The van der Waals surface area contributed by atoms with Crippen LogP contribution in [0.5, 0.6) is 0 Å². The second-order valence-electron chi connectivity index (χ2n) is 12.8. The van der Waals surface area contributed by atoms with Crippen molar-refractivity contribution in [2.24, 2.45) is 0 Å². The molecule has 0 aliphatic heterocycles. The van der Waals surface area contributed by atoms with Crippen molar-refractivity contribution < 1.29 is 28.7 Å². The number of amides is 3. The lowest BCUT2D eigenvalue weighted by Crippen LogP contribution is -2.57. The van der Waals surface area contributed by atoms with Crippen molar-refractivity contribution in [3.8, 4) is 11.1 Å². The van der Waals surface area contributed by atoms with Crippen LogP contribution in [0.4, 0.5) is 4.79 Å². The average Bonchev–Trinajstić information content (AvgIpc) is 3.38. The Morgan fingerprint density at radius 3 is 2.00 bits per heavy atom. The summed E-state index contributed by atoms with van der Waals surface area (Å²) >= 11 is 0.